The van der Waals surface area contributed by atoms with E-state index >= 15 is 0 Å². The molecule has 0 saturated heterocycles. The first-order chi connectivity index (χ1) is 12.0. The van der Waals surface area contributed by atoms with Crippen LogP contribution in [0.5, 0.6) is 0 Å². The van der Waals surface area contributed by atoms with Crippen molar-refractivity contribution in [2.75, 3.05) is 5.32 Å². The third-order valence-electron chi connectivity index (χ3n) is 3.20. The molecule has 0 saturated carbocycles. The maximum absolute atomic E-state index is 12.0. The number of esters is 1. The highest BCUT2D eigenvalue weighted by Gasteiger charge is 2.16. The molecule has 0 unspecified atom stereocenters. The Morgan fingerprint density at radius 1 is 1.24 bits per heavy atom. The summed E-state index contributed by atoms with van der Waals surface area (Å²) in [5.74, 6) is -1.10. The Morgan fingerprint density at radius 3 is 2.60 bits per heavy atom. The summed E-state index contributed by atoms with van der Waals surface area (Å²) in [6, 6.07) is 15.3. The standard InChI is InChI=1S/C19H15ClN2O3/c1-13(19(24)22-17-8-5-15(12-21)6-9-17)25-18(23)10-7-14-3-2-4-16(20)11-14/h2-11,13H,1H3,(H,22,24)/b10-7+/t13-/m1/s1. The predicted molar refractivity (Wildman–Crippen MR) is 95.8 cm³/mol. The van der Waals surface area contributed by atoms with Crippen LogP contribution < -0.4 is 5.32 Å². The zero-order valence-corrected chi connectivity index (χ0v) is 14.2. The molecule has 0 aromatic heterocycles. The molecule has 1 amide bonds. The molecule has 0 fully saturated rings. The normalized spacial score (nSPS) is 11.6. The lowest BCUT2D eigenvalue weighted by atomic mass is 10.2. The highest BCUT2D eigenvalue weighted by Crippen LogP contribution is 2.12. The molecule has 25 heavy (non-hydrogen) atoms. The molecule has 6 heteroatoms. The Morgan fingerprint density at radius 2 is 1.96 bits per heavy atom. The minimum atomic E-state index is -0.966. The second kappa shape index (κ2) is 8.67. The maximum Gasteiger partial charge on any atom is 0.331 e. The Labute approximate surface area is 150 Å². The van der Waals surface area contributed by atoms with Gasteiger partial charge in [0.1, 0.15) is 0 Å². The van der Waals surface area contributed by atoms with E-state index in [1.165, 1.54) is 13.0 Å². The highest BCUT2D eigenvalue weighted by molar-refractivity contribution is 6.30. The van der Waals surface area contributed by atoms with E-state index in [-0.39, 0.29) is 0 Å². The zero-order chi connectivity index (χ0) is 18.2. The number of halogens is 1. The molecule has 5 nitrogen and oxygen atoms in total. The Kier molecular flexibility index (Phi) is 6.33. The van der Waals surface area contributed by atoms with Crippen LogP contribution in [0.1, 0.15) is 18.1 Å². The number of anilines is 1. The molecule has 1 N–H and O–H groups in total. The monoisotopic (exact) mass is 354 g/mol. The number of carbonyl (C=O) groups excluding carboxylic acids is 2. The first-order valence-corrected chi connectivity index (χ1v) is 7.81. The summed E-state index contributed by atoms with van der Waals surface area (Å²) < 4.78 is 5.06. The maximum atomic E-state index is 12.0. The Bertz CT molecular complexity index is 838. The summed E-state index contributed by atoms with van der Waals surface area (Å²) in [6.45, 7) is 1.48. The first kappa shape index (κ1) is 18.2. The number of amides is 1. The van der Waals surface area contributed by atoms with Gasteiger partial charge < -0.3 is 10.1 Å². The highest BCUT2D eigenvalue weighted by atomic mass is 35.5. The molecule has 0 radical (unpaired) electrons. The fourth-order valence-electron chi connectivity index (χ4n) is 1.91. The molecule has 0 heterocycles. The van der Waals surface area contributed by atoms with Gasteiger partial charge in [0, 0.05) is 16.8 Å². The van der Waals surface area contributed by atoms with Crippen LogP contribution >= 0.6 is 11.6 Å². The molecule has 0 aliphatic heterocycles. The van der Waals surface area contributed by atoms with Gasteiger partial charge in [-0.2, -0.15) is 5.26 Å². The van der Waals surface area contributed by atoms with Crippen LogP contribution in [0.4, 0.5) is 5.69 Å². The quantitative estimate of drug-likeness (QED) is 0.654. The van der Waals surface area contributed by atoms with Crippen LogP contribution in [0.3, 0.4) is 0 Å². The van der Waals surface area contributed by atoms with E-state index in [4.69, 9.17) is 21.6 Å². The van der Waals surface area contributed by atoms with Crippen LogP contribution in [0, 0.1) is 11.3 Å². The Hall–Kier alpha value is -3.10. The minimum Gasteiger partial charge on any atom is -0.449 e. The number of nitrogens with one attached hydrogen (secondary N) is 1. The van der Waals surface area contributed by atoms with Crippen LogP contribution in [-0.4, -0.2) is 18.0 Å². The third-order valence-corrected chi connectivity index (χ3v) is 3.44. The van der Waals surface area contributed by atoms with E-state index in [0.717, 1.165) is 5.56 Å². The van der Waals surface area contributed by atoms with Gasteiger partial charge in [0.2, 0.25) is 0 Å². The molecule has 0 bridgehead atoms. The molecule has 0 aliphatic carbocycles. The van der Waals surface area contributed by atoms with E-state index in [2.05, 4.69) is 5.32 Å². The number of benzene rings is 2. The van der Waals surface area contributed by atoms with Crippen molar-refractivity contribution in [2.24, 2.45) is 0 Å². The van der Waals surface area contributed by atoms with Crippen molar-refractivity contribution < 1.29 is 14.3 Å². The van der Waals surface area contributed by atoms with Crippen molar-refractivity contribution >= 4 is 35.2 Å². The summed E-state index contributed by atoms with van der Waals surface area (Å²) in [6.07, 6.45) is 1.82. The molecule has 126 valence electrons. The molecule has 2 aromatic carbocycles. The van der Waals surface area contributed by atoms with Crippen LogP contribution in [0.2, 0.25) is 5.02 Å². The van der Waals surface area contributed by atoms with Crippen LogP contribution in [0.15, 0.2) is 54.6 Å². The predicted octanol–water partition coefficient (Wildman–Crippen LogP) is 3.80. The summed E-state index contributed by atoms with van der Waals surface area (Å²) in [5, 5.41) is 11.9. The van der Waals surface area contributed by atoms with Gasteiger partial charge in [0.05, 0.1) is 11.6 Å². The number of rotatable bonds is 5. The van der Waals surface area contributed by atoms with E-state index < -0.39 is 18.0 Å². The van der Waals surface area contributed by atoms with Gasteiger partial charge in [0.25, 0.3) is 5.91 Å². The van der Waals surface area contributed by atoms with Crippen molar-refractivity contribution in [1.29, 1.82) is 5.26 Å². The summed E-state index contributed by atoms with van der Waals surface area (Å²) in [5.41, 5.74) is 1.75. The lowest BCUT2D eigenvalue weighted by Gasteiger charge is -2.12. The molecular formula is C19H15ClN2O3. The van der Waals surface area contributed by atoms with Crippen molar-refractivity contribution in [2.45, 2.75) is 13.0 Å². The van der Waals surface area contributed by atoms with E-state index in [9.17, 15) is 9.59 Å². The van der Waals surface area contributed by atoms with Gasteiger partial charge in [-0.05, 0) is 55.0 Å². The van der Waals surface area contributed by atoms with E-state index in [1.54, 1.807) is 54.6 Å². The largest absolute Gasteiger partial charge is 0.449 e. The third kappa shape index (κ3) is 5.79. The Balaban J connectivity index is 1.89. The average molecular weight is 355 g/mol. The lowest BCUT2D eigenvalue weighted by Crippen LogP contribution is -2.29. The molecule has 0 aliphatic rings. The van der Waals surface area contributed by atoms with Crippen molar-refractivity contribution in [3.05, 3.63) is 70.8 Å². The summed E-state index contributed by atoms with van der Waals surface area (Å²) >= 11 is 5.86. The van der Waals surface area contributed by atoms with Crippen LogP contribution in [0.25, 0.3) is 6.08 Å². The molecule has 1 atom stereocenters. The van der Waals surface area contributed by atoms with Crippen molar-refractivity contribution in [3.63, 3.8) is 0 Å². The lowest BCUT2D eigenvalue weighted by molar-refractivity contribution is -0.148. The fraction of sp³-hybridized carbons (Fsp3) is 0.105. The summed E-state index contributed by atoms with van der Waals surface area (Å²) in [7, 11) is 0. The molecular weight excluding hydrogens is 340 g/mol. The number of ether oxygens (including phenoxy) is 1. The molecule has 0 spiro atoms. The van der Waals surface area contributed by atoms with Gasteiger partial charge in [0.15, 0.2) is 6.10 Å². The smallest absolute Gasteiger partial charge is 0.331 e. The second-order valence-corrected chi connectivity index (χ2v) is 5.58. The minimum absolute atomic E-state index is 0.464. The average Bonchev–Trinajstić information content (AvgIpc) is 2.60. The van der Waals surface area contributed by atoms with Gasteiger partial charge in [-0.1, -0.05) is 23.7 Å². The van der Waals surface area contributed by atoms with Crippen molar-refractivity contribution in [3.8, 4) is 6.07 Å². The first-order valence-electron chi connectivity index (χ1n) is 7.43. The topological polar surface area (TPSA) is 79.2 Å². The molecule has 2 rings (SSSR count). The van der Waals surface area contributed by atoms with Crippen molar-refractivity contribution in [1.82, 2.24) is 0 Å². The van der Waals surface area contributed by atoms with E-state index in [0.29, 0.717) is 16.3 Å². The zero-order valence-electron chi connectivity index (χ0n) is 13.4. The summed E-state index contributed by atoms with van der Waals surface area (Å²) in [4.78, 5) is 23.8. The van der Waals surface area contributed by atoms with Gasteiger partial charge in [-0.15, -0.1) is 0 Å². The molecule has 2 aromatic rings. The van der Waals surface area contributed by atoms with Gasteiger partial charge >= 0.3 is 5.97 Å². The number of nitriles is 1. The number of carbonyl (C=O) groups is 2. The number of hydrogen-bond donors (Lipinski definition) is 1. The SMILES string of the molecule is C[C@@H](OC(=O)/C=C/c1cccc(Cl)c1)C(=O)Nc1ccc(C#N)cc1. The van der Waals surface area contributed by atoms with E-state index in [1.807, 2.05) is 6.07 Å². The number of hydrogen-bond acceptors (Lipinski definition) is 4. The fourth-order valence-corrected chi connectivity index (χ4v) is 2.11. The van der Waals surface area contributed by atoms with Crippen LogP contribution in [-0.2, 0) is 14.3 Å². The van der Waals surface area contributed by atoms with Gasteiger partial charge in [-0.25, -0.2) is 4.79 Å². The number of nitrogens with zero attached hydrogens (tertiary/aromatic N) is 1. The second-order valence-electron chi connectivity index (χ2n) is 5.15. The van der Waals surface area contributed by atoms with Gasteiger partial charge in [-0.3, -0.25) is 4.79 Å².